The summed E-state index contributed by atoms with van der Waals surface area (Å²) in [4.78, 5) is 23.4. The number of benzene rings is 1. The second-order valence-corrected chi connectivity index (χ2v) is 6.27. The molecule has 3 rings (SSSR count). The Kier molecular flexibility index (Phi) is 5.12. The lowest BCUT2D eigenvalue weighted by Crippen LogP contribution is -2.15. The van der Waals surface area contributed by atoms with Gasteiger partial charge >= 0.3 is 5.97 Å². The largest absolute Gasteiger partial charge is 0.493 e. The van der Waals surface area contributed by atoms with Gasteiger partial charge in [0.05, 0.1) is 24.9 Å². The van der Waals surface area contributed by atoms with Gasteiger partial charge in [0.25, 0.3) is 5.56 Å². The number of carboxylic acids is 1. The van der Waals surface area contributed by atoms with Crippen molar-refractivity contribution in [1.29, 1.82) is 0 Å². The summed E-state index contributed by atoms with van der Waals surface area (Å²) in [5.41, 5.74) is 3.27. The first kappa shape index (κ1) is 18.4. The molecule has 0 atom stereocenters. The number of rotatable bonds is 6. The molecule has 140 valence electrons. The van der Waals surface area contributed by atoms with Gasteiger partial charge in [-0.2, -0.15) is 5.10 Å². The standard InChI is InChI=1S/C20H21N3O4/c1-4-27-18-8-19(24)22(3)11-17(18)14-9-21-23(10-14)12-16-13(2)6-5-7-15(16)20(25)26/h5-11H,4,12H2,1-3H3,(H,25,26). The van der Waals surface area contributed by atoms with Crippen molar-refractivity contribution in [3.63, 3.8) is 0 Å². The molecule has 0 fully saturated rings. The van der Waals surface area contributed by atoms with Crippen LogP contribution in [0.5, 0.6) is 5.75 Å². The molecule has 0 saturated heterocycles. The van der Waals surface area contributed by atoms with Crippen LogP contribution >= 0.6 is 0 Å². The second kappa shape index (κ2) is 7.49. The molecule has 27 heavy (non-hydrogen) atoms. The van der Waals surface area contributed by atoms with Crippen LogP contribution in [-0.4, -0.2) is 32.0 Å². The average Bonchev–Trinajstić information content (AvgIpc) is 3.08. The minimum absolute atomic E-state index is 0.152. The highest BCUT2D eigenvalue weighted by Gasteiger charge is 2.15. The zero-order valence-electron chi connectivity index (χ0n) is 15.5. The molecular weight excluding hydrogens is 346 g/mol. The third-order valence-corrected chi connectivity index (χ3v) is 4.40. The minimum Gasteiger partial charge on any atom is -0.493 e. The molecule has 0 aliphatic heterocycles. The first-order valence-corrected chi connectivity index (χ1v) is 8.58. The van der Waals surface area contributed by atoms with Gasteiger partial charge in [-0.05, 0) is 31.0 Å². The van der Waals surface area contributed by atoms with Gasteiger partial charge in [-0.15, -0.1) is 0 Å². The Bertz CT molecular complexity index is 1050. The smallest absolute Gasteiger partial charge is 0.336 e. The van der Waals surface area contributed by atoms with Crippen molar-refractivity contribution < 1.29 is 14.6 Å². The van der Waals surface area contributed by atoms with Crippen molar-refractivity contribution in [1.82, 2.24) is 14.3 Å². The molecule has 0 amide bonds. The van der Waals surface area contributed by atoms with Crippen molar-refractivity contribution in [3.8, 4) is 16.9 Å². The van der Waals surface area contributed by atoms with E-state index in [1.807, 2.05) is 26.1 Å². The number of carbonyl (C=O) groups is 1. The van der Waals surface area contributed by atoms with Crippen LogP contribution in [0.2, 0.25) is 0 Å². The number of aryl methyl sites for hydroxylation is 2. The Morgan fingerprint density at radius 3 is 2.78 bits per heavy atom. The highest BCUT2D eigenvalue weighted by molar-refractivity contribution is 5.89. The summed E-state index contributed by atoms with van der Waals surface area (Å²) in [7, 11) is 1.68. The van der Waals surface area contributed by atoms with E-state index in [2.05, 4.69) is 5.10 Å². The first-order valence-electron chi connectivity index (χ1n) is 8.58. The van der Waals surface area contributed by atoms with Gasteiger partial charge in [0.15, 0.2) is 0 Å². The molecule has 0 spiro atoms. The zero-order chi connectivity index (χ0) is 19.6. The number of carboxylic acid groups (broad SMARTS) is 1. The van der Waals surface area contributed by atoms with Crippen molar-refractivity contribution >= 4 is 5.97 Å². The first-order chi connectivity index (χ1) is 12.9. The average molecular weight is 367 g/mol. The van der Waals surface area contributed by atoms with E-state index in [0.717, 1.165) is 16.7 Å². The molecule has 0 bridgehead atoms. The maximum atomic E-state index is 11.9. The number of pyridine rings is 1. The lowest BCUT2D eigenvalue weighted by atomic mass is 10.0. The molecule has 7 heteroatoms. The molecular formula is C20H21N3O4. The molecule has 0 radical (unpaired) electrons. The lowest BCUT2D eigenvalue weighted by molar-refractivity contribution is 0.0695. The van der Waals surface area contributed by atoms with E-state index in [4.69, 9.17) is 4.74 Å². The summed E-state index contributed by atoms with van der Waals surface area (Å²) in [5.74, 6) is -0.458. The molecule has 0 aliphatic rings. The van der Waals surface area contributed by atoms with Crippen molar-refractivity contribution in [2.75, 3.05) is 6.61 Å². The molecule has 1 aromatic carbocycles. The van der Waals surface area contributed by atoms with E-state index in [9.17, 15) is 14.7 Å². The number of hydrogen-bond donors (Lipinski definition) is 1. The highest BCUT2D eigenvalue weighted by atomic mass is 16.5. The lowest BCUT2D eigenvalue weighted by Gasteiger charge is -2.11. The summed E-state index contributed by atoms with van der Waals surface area (Å²) in [6.45, 7) is 4.52. The summed E-state index contributed by atoms with van der Waals surface area (Å²) in [5, 5.41) is 13.8. The Labute approximate surface area is 156 Å². The van der Waals surface area contributed by atoms with Gasteiger partial charge < -0.3 is 14.4 Å². The van der Waals surface area contributed by atoms with Crippen LogP contribution in [0.1, 0.15) is 28.4 Å². The Morgan fingerprint density at radius 1 is 1.30 bits per heavy atom. The molecule has 2 heterocycles. The van der Waals surface area contributed by atoms with Crippen LogP contribution in [0.4, 0.5) is 0 Å². The number of aromatic carboxylic acids is 1. The van der Waals surface area contributed by atoms with Gasteiger partial charge in [0.2, 0.25) is 0 Å². The zero-order valence-corrected chi connectivity index (χ0v) is 15.5. The van der Waals surface area contributed by atoms with Crippen molar-refractivity contribution in [2.24, 2.45) is 7.05 Å². The van der Waals surface area contributed by atoms with E-state index < -0.39 is 5.97 Å². The van der Waals surface area contributed by atoms with E-state index in [1.165, 1.54) is 10.6 Å². The summed E-state index contributed by atoms with van der Waals surface area (Å²) in [6.07, 6.45) is 5.21. The Balaban J connectivity index is 1.99. The monoisotopic (exact) mass is 367 g/mol. The van der Waals surface area contributed by atoms with Gasteiger partial charge in [-0.1, -0.05) is 12.1 Å². The quantitative estimate of drug-likeness (QED) is 0.724. The van der Waals surface area contributed by atoms with Crippen LogP contribution in [0, 0.1) is 6.92 Å². The third kappa shape index (κ3) is 3.76. The maximum Gasteiger partial charge on any atom is 0.336 e. The predicted octanol–water partition coefficient (Wildman–Crippen LogP) is 2.70. The second-order valence-electron chi connectivity index (χ2n) is 6.27. The van der Waals surface area contributed by atoms with Crippen LogP contribution in [0.15, 0.2) is 47.7 Å². The minimum atomic E-state index is -0.960. The highest BCUT2D eigenvalue weighted by Crippen LogP contribution is 2.28. The van der Waals surface area contributed by atoms with Crippen LogP contribution < -0.4 is 10.3 Å². The van der Waals surface area contributed by atoms with Gasteiger partial charge in [-0.3, -0.25) is 9.48 Å². The topological polar surface area (TPSA) is 86.4 Å². The van der Waals surface area contributed by atoms with Gasteiger partial charge in [-0.25, -0.2) is 4.79 Å². The third-order valence-electron chi connectivity index (χ3n) is 4.40. The number of nitrogens with zero attached hydrogens (tertiary/aromatic N) is 3. The summed E-state index contributed by atoms with van der Waals surface area (Å²) < 4.78 is 8.77. The predicted molar refractivity (Wildman–Crippen MR) is 101 cm³/mol. The number of ether oxygens (including phenoxy) is 1. The van der Waals surface area contributed by atoms with E-state index in [1.54, 1.807) is 36.3 Å². The summed E-state index contributed by atoms with van der Waals surface area (Å²) in [6, 6.07) is 6.66. The fraction of sp³-hybridized carbons (Fsp3) is 0.250. The molecule has 2 aromatic heterocycles. The van der Waals surface area contributed by atoms with E-state index in [-0.39, 0.29) is 11.1 Å². The van der Waals surface area contributed by atoms with Crippen LogP contribution in [-0.2, 0) is 13.6 Å². The van der Waals surface area contributed by atoms with Crippen molar-refractivity contribution in [3.05, 3.63) is 69.9 Å². The molecule has 0 unspecified atom stereocenters. The van der Waals surface area contributed by atoms with Crippen LogP contribution in [0.25, 0.3) is 11.1 Å². The van der Waals surface area contributed by atoms with E-state index in [0.29, 0.717) is 24.5 Å². The van der Waals surface area contributed by atoms with Crippen molar-refractivity contribution in [2.45, 2.75) is 20.4 Å². The Hall–Kier alpha value is -3.35. The summed E-state index contributed by atoms with van der Waals surface area (Å²) >= 11 is 0. The fourth-order valence-electron chi connectivity index (χ4n) is 2.97. The SMILES string of the molecule is CCOc1cc(=O)n(C)cc1-c1cnn(Cc2c(C)cccc2C(=O)O)c1. The fourth-order valence-corrected chi connectivity index (χ4v) is 2.97. The molecule has 0 saturated carbocycles. The molecule has 3 aromatic rings. The van der Waals surface area contributed by atoms with Gasteiger partial charge in [0.1, 0.15) is 5.75 Å². The van der Waals surface area contributed by atoms with Crippen LogP contribution in [0.3, 0.4) is 0 Å². The Morgan fingerprint density at radius 2 is 2.07 bits per heavy atom. The number of aromatic nitrogens is 3. The maximum absolute atomic E-state index is 11.9. The normalized spacial score (nSPS) is 10.8. The molecule has 1 N–H and O–H groups in total. The van der Waals surface area contributed by atoms with Gasteiger partial charge in [0, 0.05) is 36.6 Å². The number of hydrogen-bond acceptors (Lipinski definition) is 4. The molecule has 7 nitrogen and oxygen atoms in total. The molecule has 0 aliphatic carbocycles. The van der Waals surface area contributed by atoms with E-state index >= 15 is 0 Å².